The molecule has 0 fully saturated rings. The minimum atomic E-state index is -0.739. The SMILES string of the molecule is CC(=O)c1ccc(-c2ccc(C(=O)OCC(=O)NCCOc3ccccc3)o2)cc1. The molecule has 1 aromatic heterocycles. The van der Waals surface area contributed by atoms with Crippen LogP contribution in [0.5, 0.6) is 5.75 Å². The van der Waals surface area contributed by atoms with Crippen molar-refractivity contribution in [2.24, 2.45) is 0 Å². The Morgan fingerprint density at radius 1 is 0.933 bits per heavy atom. The Bertz CT molecular complexity index is 1010. The molecule has 0 unspecified atom stereocenters. The molecule has 0 aliphatic carbocycles. The third kappa shape index (κ3) is 5.81. The van der Waals surface area contributed by atoms with Crippen molar-refractivity contribution in [1.29, 1.82) is 0 Å². The summed E-state index contributed by atoms with van der Waals surface area (Å²) in [5, 5.41) is 2.61. The molecule has 0 saturated carbocycles. The number of hydrogen-bond donors (Lipinski definition) is 1. The molecule has 0 aliphatic heterocycles. The van der Waals surface area contributed by atoms with Gasteiger partial charge in [-0.3, -0.25) is 9.59 Å². The van der Waals surface area contributed by atoms with Gasteiger partial charge in [-0.15, -0.1) is 0 Å². The molecule has 1 amide bonds. The molecule has 0 spiro atoms. The molecule has 2 aromatic carbocycles. The van der Waals surface area contributed by atoms with E-state index in [1.165, 1.54) is 13.0 Å². The molecule has 1 N–H and O–H groups in total. The van der Waals surface area contributed by atoms with Gasteiger partial charge in [0.15, 0.2) is 12.4 Å². The fraction of sp³-hybridized carbons (Fsp3) is 0.174. The van der Waals surface area contributed by atoms with Gasteiger partial charge in [0.05, 0.1) is 6.54 Å². The van der Waals surface area contributed by atoms with Gasteiger partial charge >= 0.3 is 5.97 Å². The van der Waals surface area contributed by atoms with Gasteiger partial charge in [0, 0.05) is 11.1 Å². The number of benzene rings is 2. The summed E-state index contributed by atoms with van der Waals surface area (Å²) < 4.78 is 15.9. The maximum Gasteiger partial charge on any atom is 0.374 e. The van der Waals surface area contributed by atoms with E-state index in [1.54, 1.807) is 30.3 Å². The number of amides is 1. The second-order valence-corrected chi connectivity index (χ2v) is 6.39. The predicted molar refractivity (Wildman–Crippen MR) is 109 cm³/mol. The molecular formula is C23H21NO6. The zero-order valence-corrected chi connectivity index (χ0v) is 16.4. The summed E-state index contributed by atoms with van der Waals surface area (Å²) >= 11 is 0. The summed E-state index contributed by atoms with van der Waals surface area (Å²) in [6.45, 7) is 1.65. The van der Waals surface area contributed by atoms with Crippen LogP contribution in [0.25, 0.3) is 11.3 Å². The number of ether oxygens (including phenoxy) is 2. The minimum absolute atomic E-state index is 0.0131. The van der Waals surface area contributed by atoms with Crippen molar-refractivity contribution in [3.05, 3.63) is 78.1 Å². The minimum Gasteiger partial charge on any atom is -0.492 e. The first-order valence-corrected chi connectivity index (χ1v) is 9.36. The highest BCUT2D eigenvalue weighted by Gasteiger charge is 2.15. The number of para-hydroxylation sites is 1. The van der Waals surface area contributed by atoms with Gasteiger partial charge in [0.25, 0.3) is 5.91 Å². The summed E-state index contributed by atoms with van der Waals surface area (Å²) in [5.74, 6) is -0.0535. The third-order valence-electron chi connectivity index (χ3n) is 4.15. The Labute approximate surface area is 173 Å². The first-order chi connectivity index (χ1) is 14.5. The van der Waals surface area contributed by atoms with Crippen molar-refractivity contribution in [1.82, 2.24) is 5.32 Å². The Morgan fingerprint density at radius 2 is 1.67 bits per heavy atom. The van der Waals surface area contributed by atoms with Gasteiger partial charge in [-0.1, -0.05) is 42.5 Å². The lowest BCUT2D eigenvalue weighted by Gasteiger charge is -2.07. The van der Waals surface area contributed by atoms with E-state index in [1.807, 2.05) is 30.3 Å². The van der Waals surface area contributed by atoms with Crippen LogP contribution in [-0.4, -0.2) is 37.4 Å². The lowest BCUT2D eigenvalue weighted by atomic mass is 10.1. The molecule has 7 heteroatoms. The first kappa shape index (κ1) is 20.9. The Morgan fingerprint density at radius 3 is 2.37 bits per heavy atom. The van der Waals surface area contributed by atoms with Crippen molar-refractivity contribution in [2.45, 2.75) is 6.92 Å². The molecule has 0 aliphatic rings. The van der Waals surface area contributed by atoms with Crippen molar-refractivity contribution in [3.63, 3.8) is 0 Å². The topological polar surface area (TPSA) is 94.8 Å². The van der Waals surface area contributed by atoms with Crippen LogP contribution in [0.2, 0.25) is 0 Å². The van der Waals surface area contributed by atoms with Crippen LogP contribution in [0.4, 0.5) is 0 Å². The third-order valence-corrected chi connectivity index (χ3v) is 4.15. The molecule has 0 atom stereocenters. The highest BCUT2D eigenvalue weighted by Crippen LogP contribution is 2.23. The molecule has 30 heavy (non-hydrogen) atoms. The average Bonchev–Trinajstić information content (AvgIpc) is 3.26. The second-order valence-electron chi connectivity index (χ2n) is 6.39. The molecule has 3 rings (SSSR count). The van der Waals surface area contributed by atoms with Crippen molar-refractivity contribution >= 4 is 17.7 Å². The monoisotopic (exact) mass is 407 g/mol. The molecule has 0 saturated heterocycles. The van der Waals surface area contributed by atoms with E-state index in [9.17, 15) is 14.4 Å². The number of nitrogens with one attached hydrogen (secondary N) is 1. The number of hydrogen-bond acceptors (Lipinski definition) is 6. The Kier molecular flexibility index (Phi) is 7.00. The average molecular weight is 407 g/mol. The fourth-order valence-electron chi connectivity index (χ4n) is 2.60. The van der Waals surface area contributed by atoms with Gasteiger partial charge < -0.3 is 19.2 Å². The standard InChI is InChI=1S/C23H21NO6/c1-16(25)17-7-9-18(10-8-17)20-11-12-21(30-20)23(27)29-15-22(26)24-13-14-28-19-5-3-2-4-6-19/h2-12H,13-15H2,1H3,(H,24,26). The van der Waals surface area contributed by atoms with E-state index in [-0.39, 0.29) is 18.1 Å². The number of carbonyl (C=O) groups is 3. The summed E-state index contributed by atoms with van der Waals surface area (Å²) in [7, 11) is 0. The number of rotatable bonds is 9. The molecule has 3 aromatic rings. The van der Waals surface area contributed by atoms with Crippen LogP contribution in [0, 0.1) is 0 Å². The second kappa shape index (κ2) is 10.1. The van der Waals surface area contributed by atoms with Crippen LogP contribution < -0.4 is 10.1 Å². The summed E-state index contributed by atoms with van der Waals surface area (Å²) in [6.07, 6.45) is 0. The smallest absolute Gasteiger partial charge is 0.374 e. The van der Waals surface area contributed by atoms with E-state index in [0.717, 1.165) is 5.56 Å². The van der Waals surface area contributed by atoms with E-state index >= 15 is 0 Å². The summed E-state index contributed by atoms with van der Waals surface area (Å²) in [4.78, 5) is 35.2. The molecular weight excluding hydrogens is 386 g/mol. The van der Waals surface area contributed by atoms with Gasteiger partial charge in [-0.2, -0.15) is 0 Å². The zero-order chi connectivity index (χ0) is 21.3. The van der Waals surface area contributed by atoms with E-state index in [4.69, 9.17) is 13.9 Å². The Hall–Kier alpha value is -3.87. The maximum atomic E-state index is 12.1. The van der Waals surface area contributed by atoms with Crippen molar-refractivity contribution in [3.8, 4) is 17.1 Å². The highest BCUT2D eigenvalue weighted by molar-refractivity contribution is 5.94. The van der Waals surface area contributed by atoms with Gasteiger partial charge in [-0.25, -0.2) is 4.79 Å². The molecule has 1 heterocycles. The fourth-order valence-corrected chi connectivity index (χ4v) is 2.60. The van der Waals surface area contributed by atoms with E-state index in [2.05, 4.69) is 5.32 Å². The lowest BCUT2D eigenvalue weighted by Crippen LogP contribution is -2.32. The lowest BCUT2D eigenvalue weighted by molar-refractivity contribution is -0.124. The number of carbonyl (C=O) groups excluding carboxylic acids is 3. The summed E-state index contributed by atoms with van der Waals surface area (Å²) in [6, 6.07) is 19.2. The first-order valence-electron chi connectivity index (χ1n) is 9.36. The van der Waals surface area contributed by atoms with Crippen LogP contribution in [0.1, 0.15) is 27.8 Å². The van der Waals surface area contributed by atoms with Gasteiger partial charge in [0.1, 0.15) is 18.1 Å². The van der Waals surface area contributed by atoms with Crippen LogP contribution >= 0.6 is 0 Å². The normalized spacial score (nSPS) is 10.3. The van der Waals surface area contributed by atoms with E-state index < -0.39 is 18.5 Å². The van der Waals surface area contributed by atoms with Gasteiger partial charge in [0.2, 0.25) is 5.76 Å². The molecule has 0 bridgehead atoms. The highest BCUT2D eigenvalue weighted by atomic mass is 16.5. The van der Waals surface area contributed by atoms with Crippen LogP contribution in [-0.2, 0) is 9.53 Å². The van der Waals surface area contributed by atoms with Crippen molar-refractivity contribution < 1.29 is 28.3 Å². The number of Topliss-reactive ketones (excluding diaryl/α,β-unsaturated/α-hetero) is 1. The quantitative estimate of drug-likeness (QED) is 0.331. The van der Waals surface area contributed by atoms with E-state index in [0.29, 0.717) is 23.7 Å². The zero-order valence-electron chi connectivity index (χ0n) is 16.4. The molecule has 7 nitrogen and oxygen atoms in total. The largest absolute Gasteiger partial charge is 0.492 e. The molecule has 0 radical (unpaired) electrons. The van der Waals surface area contributed by atoms with Gasteiger partial charge in [-0.05, 0) is 31.2 Å². The van der Waals surface area contributed by atoms with Crippen LogP contribution in [0.15, 0.2) is 71.1 Å². The number of esters is 1. The predicted octanol–water partition coefficient (Wildman–Crippen LogP) is 3.50. The van der Waals surface area contributed by atoms with Crippen LogP contribution in [0.3, 0.4) is 0 Å². The Balaban J connectivity index is 1.42. The summed E-state index contributed by atoms with van der Waals surface area (Å²) in [5.41, 5.74) is 1.31. The maximum absolute atomic E-state index is 12.1. The number of furan rings is 1. The molecule has 154 valence electrons. The van der Waals surface area contributed by atoms with Crippen molar-refractivity contribution in [2.75, 3.05) is 19.8 Å². The number of ketones is 1.